The summed E-state index contributed by atoms with van der Waals surface area (Å²) in [6.45, 7) is 6.75. The molecule has 2 amide bonds. The summed E-state index contributed by atoms with van der Waals surface area (Å²) in [5.74, 6) is 0. The van der Waals surface area contributed by atoms with Crippen molar-refractivity contribution < 1.29 is 4.79 Å². The molecule has 1 saturated heterocycles. The number of nitrogens with one attached hydrogen (secondary N) is 2. The zero-order chi connectivity index (χ0) is 13.0. The maximum atomic E-state index is 12.2. The molecule has 18 heavy (non-hydrogen) atoms. The number of carbonyl (C=O) groups is 1. The quantitative estimate of drug-likeness (QED) is 0.856. The molecule has 98 valence electrons. The second-order valence-electron chi connectivity index (χ2n) is 4.80. The minimum absolute atomic E-state index is 0.00667. The van der Waals surface area contributed by atoms with E-state index in [1.54, 1.807) is 0 Å². The predicted molar refractivity (Wildman–Crippen MR) is 73.9 cm³/mol. The van der Waals surface area contributed by atoms with Crippen LogP contribution < -0.4 is 10.6 Å². The van der Waals surface area contributed by atoms with Gasteiger partial charge in [-0.3, -0.25) is 0 Å². The van der Waals surface area contributed by atoms with Gasteiger partial charge in [-0.05, 0) is 25.5 Å². The molecule has 0 aliphatic carbocycles. The van der Waals surface area contributed by atoms with Gasteiger partial charge in [0.2, 0.25) is 0 Å². The number of carbonyl (C=O) groups excluding carboxylic acids is 1. The van der Waals surface area contributed by atoms with Crippen LogP contribution in [0.25, 0.3) is 0 Å². The second kappa shape index (κ2) is 5.87. The van der Waals surface area contributed by atoms with Crippen molar-refractivity contribution in [1.82, 2.24) is 10.2 Å². The normalized spacial score (nSPS) is 15.0. The lowest BCUT2D eigenvalue weighted by molar-refractivity contribution is 0.161. The molecule has 4 heteroatoms. The average Bonchev–Trinajstić information content (AvgIpc) is 2.29. The number of nitrogens with zero attached hydrogens (tertiary/aromatic N) is 1. The first kappa shape index (κ1) is 12.9. The van der Waals surface area contributed by atoms with Gasteiger partial charge in [0.1, 0.15) is 0 Å². The molecule has 1 aromatic rings. The van der Waals surface area contributed by atoms with Crippen molar-refractivity contribution in [1.29, 1.82) is 0 Å². The molecule has 0 atom stereocenters. The molecular formula is C14H21N3O. The Hall–Kier alpha value is -1.55. The number of hydrogen-bond donors (Lipinski definition) is 2. The van der Waals surface area contributed by atoms with E-state index in [0.717, 1.165) is 31.7 Å². The van der Waals surface area contributed by atoms with Crippen LogP contribution in [0.3, 0.4) is 0 Å². The smallest absolute Gasteiger partial charge is 0.319 e. The van der Waals surface area contributed by atoms with Crippen LogP contribution >= 0.6 is 0 Å². The summed E-state index contributed by atoms with van der Waals surface area (Å²) in [5, 5.41) is 6.17. The lowest BCUT2D eigenvalue weighted by Crippen LogP contribution is -2.59. The molecule has 1 fully saturated rings. The molecule has 0 unspecified atom stereocenters. The first-order valence-corrected chi connectivity index (χ1v) is 6.55. The van der Waals surface area contributed by atoms with Crippen molar-refractivity contribution >= 4 is 11.7 Å². The Labute approximate surface area is 108 Å². The minimum Gasteiger partial charge on any atom is -0.319 e. The monoisotopic (exact) mass is 247 g/mol. The van der Waals surface area contributed by atoms with Crippen molar-refractivity contribution in [2.24, 2.45) is 0 Å². The molecule has 1 aliphatic rings. The zero-order valence-electron chi connectivity index (χ0n) is 11.1. The Morgan fingerprint density at radius 3 is 2.56 bits per heavy atom. The van der Waals surface area contributed by atoms with Crippen LogP contribution in [0.5, 0.6) is 0 Å². The van der Waals surface area contributed by atoms with Crippen LogP contribution in [0.1, 0.15) is 18.9 Å². The van der Waals surface area contributed by atoms with Crippen LogP contribution in [0.2, 0.25) is 0 Å². The molecule has 1 heterocycles. The van der Waals surface area contributed by atoms with Gasteiger partial charge in [-0.2, -0.15) is 0 Å². The Bertz CT molecular complexity index is 398. The zero-order valence-corrected chi connectivity index (χ0v) is 11.1. The highest BCUT2D eigenvalue weighted by Crippen LogP contribution is 2.12. The average molecular weight is 247 g/mol. The van der Waals surface area contributed by atoms with E-state index in [1.807, 2.05) is 36.1 Å². The van der Waals surface area contributed by atoms with Gasteiger partial charge in [-0.1, -0.05) is 24.6 Å². The first-order chi connectivity index (χ1) is 8.70. The molecule has 1 aliphatic heterocycles. The van der Waals surface area contributed by atoms with E-state index in [-0.39, 0.29) is 6.03 Å². The van der Waals surface area contributed by atoms with Crippen LogP contribution in [0.4, 0.5) is 10.5 Å². The Morgan fingerprint density at radius 2 is 2.06 bits per heavy atom. The number of aryl methyl sites for hydroxylation is 1. The van der Waals surface area contributed by atoms with Gasteiger partial charge < -0.3 is 15.5 Å². The summed E-state index contributed by atoms with van der Waals surface area (Å²) in [6.07, 6.45) is 0.984. The van der Waals surface area contributed by atoms with Crippen LogP contribution in [-0.2, 0) is 0 Å². The summed E-state index contributed by atoms with van der Waals surface area (Å²) in [7, 11) is 0. The minimum atomic E-state index is 0.00667. The van der Waals surface area contributed by atoms with Crippen molar-refractivity contribution in [3.63, 3.8) is 0 Å². The fourth-order valence-electron chi connectivity index (χ4n) is 2.02. The standard InChI is InChI=1S/C14H21N3O/c1-3-8-17(13-9-15-10-13)14(18)16-12-6-4-11(2)5-7-12/h4-7,13,15H,3,8-10H2,1-2H3,(H,16,18). The van der Waals surface area contributed by atoms with E-state index in [4.69, 9.17) is 0 Å². The highest BCUT2D eigenvalue weighted by atomic mass is 16.2. The molecule has 0 spiro atoms. The van der Waals surface area contributed by atoms with Gasteiger partial charge in [0.05, 0.1) is 6.04 Å². The molecule has 0 aromatic heterocycles. The highest BCUT2D eigenvalue weighted by molar-refractivity contribution is 5.89. The van der Waals surface area contributed by atoms with Gasteiger partial charge in [0, 0.05) is 25.3 Å². The van der Waals surface area contributed by atoms with Crippen molar-refractivity contribution in [2.75, 3.05) is 25.0 Å². The topological polar surface area (TPSA) is 44.4 Å². The molecule has 4 nitrogen and oxygen atoms in total. The van der Waals surface area contributed by atoms with Crippen LogP contribution in [0, 0.1) is 6.92 Å². The third-order valence-electron chi connectivity index (χ3n) is 3.23. The van der Waals surface area contributed by atoms with Crippen molar-refractivity contribution in [2.45, 2.75) is 26.3 Å². The Kier molecular flexibility index (Phi) is 4.20. The fourth-order valence-corrected chi connectivity index (χ4v) is 2.02. The van der Waals surface area contributed by atoms with E-state index in [1.165, 1.54) is 5.56 Å². The molecule has 2 rings (SSSR count). The summed E-state index contributed by atoms with van der Waals surface area (Å²) in [4.78, 5) is 14.1. The molecule has 0 radical (unpaired) electrons. The molecule has 0 bridgehead atoms. The lowest BCUT2D eigenvalue weighted by Gasteiger charge is -2.38. The van der Waals surface area contributed by atoms with E-state index in [9.17, 15) is 4.79 Å². The summed E-state index contributed by atoms with van der Waals surface area (Å²) in [6, 6.07) is 8.24. The van der Waals surface area contributed by atoms with Gasteiger partial charge in [-0.25, -0.2) is 4.79 Å². The summed E-state index contributed by atoms with van der Waals surface area (Å²) in [5.41, 5.74) is 2.06. The van der Waals surface area contributed by atoms with Gasteiger partial charge in [0.15, 0.2) is 0 Å². The molecule has 1 aromatic carbocycles. The van der Waals surface area contributed by atoms with E-state index in [2.05, 4.69) is 17.6 Å². The first-order valence-electron chi connectivity index (χ1n) is 6.55. The number of rotatable bonds is 4. The summed E-state index contributed by atoms with van der Waals surface area (Å²) >= 11 is 0. The third kappa shape index (κ3) is 3.01. The number of benzene rings is 1. The maximum Gasteiger partial charge on any atom is 0.322 e. The van der Waals surface area contributed by atoms with Crippen molar-refractivity contribution in [3.05, 3.63) is 29.8 Å². The van der Waals surface area contributed by atoms with E-state index < -0.39 is 0 Å². The fraction of sp³-hybridized carbons (Fsp3) is 0.500. The second-order valence-corrected chi connectivity index (χ2v) is 4.80. The van der Waals surface area contributed by atoms with Gasteiger partial charge >= 0.3 is 6.03 Å². The highest BCUT2D eigenvalue weighted by Gasteiger charge is 2.27. The molecule has 0 saturated carbocycles. The van der Waals surface area contributed by atoms with Crippen LogP contribution in [0.15, 0.2) is 24.3 Å². The van der Waals surface area contributed by atoms with Crippen LogP contribution in [-0.4, -0.2) is 36.6 Å². The maximum absolute atomic E-state index is 12.2. The Morgan fingerprint density at radius 1 is 1.39 bits per heavy atom. The van der Waals surface area contributed by atoms with Gasteiger partial charge in [0.25, 0.3) is 0 Å². The SMILES string of the molecule is CCCN(C(=O)Nc1ccc(C)cc1)C1CNC1. The van der Waals surface area contributed by atoms with E-state index in [0.29, 0.717) is 6.04 Å². The number of hydrogen-bond acceptors (Lipinski definition) is 2. The lowest BCUT2D eigenvalue weighted by atomic mass is 10.1. The number of anilines is 1. The largest absolute Gasteiger partial charge is 0.322 e. The van der Waals surface area contributed by atoms with Crippen molar-refractivity contribution in [3.8, 4) is 0 Å². The summed E-state index contributed by atoms with van der Waals surface area (Å²) < 4.78 is 0. The third-order valence-corrected chi connectivity index (χ3v) is 3.23. The Balaban J connectivity index is 1.97. The van der Waals surface area contributed by atoms with E-state index >= 15 is 0 Å². The predicted octanol–water partition coefficient (Wildman–Crippen LogP) is 2.21. The molecular weight excluding hydrogens is 226 g/mol. The number of amides is 2. The number of urea groups is 1. The van der Waals surface area contributed by atoms with Gasteiger partial charge in [-0.15, -0.1) is 0 Å². The molecule has 2 N–H and O–H groups in total.